The van der Waals surface area contributed by atoms with Gasteiger partial charge in [-0.25, -0.2) is 9.18 Å². The van der Waals surface area contributed by atoms with Crippen LogP contribution in [0.4, 0.5) is 9.18 Å². The van der Waals surface area contributed by atoms with Crippen LogP contribution in [0.25, 0.3) is 0 Å². The first-order chi connectivity index (χ1) is 14.1. The molecule has 1 heterocycles. The number of hydrogen-bond acceptors (Lipinski definition) is 4. The molecule has 0 aliphatic carbocycles. The highest BCUT2D eigenvalue weighted by molar-refractivity contribution is 6.11. The van der Waals surface area contributed by atoms with Crippen LogP contribution in [0, 0.1) is 5.82 Å². The van der Waals surface area contributed by atoms with Crippen LogP contribution in [-0.2, 0) is 15.1 Å². The summed E-state index contributed by atoms with van der Waals surface area (Å²) in [5.41, 5.74) is 0.210. The number of Topliss-reactive ketones (excluding diaryl/α,β-unsaturated/α-hetero) is 1. The van der Waals surface area contributed by atoms with E-state index in [9.17, 15) is 23.6 Å². The number of halogens is 1. The summed E-state index contributed by atoms with van der Waals surface area (Å²) in [5.74, 6) is -1.60. The van der Waals surface area contributed by atoms with Crippen molar-refractivity contribution >= 4 is 23.6 Å². The summed E-state index contributed by atoms with van der Waals surface area (Å²) in [6.07, 6.45) is 0. The summed E-state index contributed by atoms with van der Waals surface area (Å²) < 4.78 is 13.2. The average Bonchev–Trinajstić information content (AvgIpc) is 2.92. The van der Waals surface area contributed by atoms with Gasteiger partial charge in [-0.3, -0.25) is 19.3 Å². The van der Waals surface area contributed by atoms with E-state index >= 15 is 0 Å². The molecule has 2 aromatic rings. The number of urea groups is 1. The number of carbonyl (C=O) groups excluding carboxylic acids is 4. The van der Waals surface area contributed by atoms with Crippen LogP contribution in [0.2, 0.25) is 0 Å². The maximum absolute atomic E-state index is 13.2. The zero-order valence-electron chi connectivity index (χ0n) is 16.9. The molecule has 8 heteroatoms. The highest BCUT2D eigenvalue weighted by Gasteiger charge is 2.49. The zero-order valence-corrected chi connectivity index (χ0v) is 16.9. The molecule has 2 atom stereocenters. The summed E-state index contributed by atoms with van der Waals surface area (Å²) in [6.45, 7) is 4.35. The fourth-order valence-corrected chi connectivity index (χ4v) is 3.40. The van der Waals surface area contributed by atoms with Gasteiger partial charge in [0, 0.05) is 12.5 Å². The van der Waals surface area contributed by atoms with E-state index in [0.717, 1.165) is 10.5 Å². The summed E-state index contributed by atoms with van der Waals surface area (Å²) in [5, 5.41) is 5.34. The topological polar surface area (TPSA) is 95.6 Å². The molecule has 30 heavy (non-hydrogen) atoms. The van der Waals surface area contributed by atoms with Crippen LogP contribution in [0.3, 0.4) is 0 Å². The summed E-state index contributed by atoms with van der Waals surface area (Å²) in [7, 11) is 0. The number of nitrogens with zero attached hydrogens (tertiary/aromatic N) is 1. The van der Waals surface area contributed by atoms with Gasteiger partial charge < -0.3 is 10.6 Å². The Hall–Kier alpha value is -3.55. The van der Waals surface area contributed by atoms with Gasteiger partial charge in [0.25, 0.3) is 5.91 Å². The van der Waals surface area contributed by atoms with Gasteiger partial charge in [0.2, 0.25) is 5.91 Å². The molecule has 1 aliphatic heterocycles. The Labute approximate surface area is 173 Å². The Morgan fingerprint density at radius 3 is 2.27 bits per heavy atom. The maximum atomic E-state index is 13.2. The van der Waals surface area contributed by atoms with E-state index in [-0.39, 0.29) is 11.9 Å². The number of hydrogen-bond donors (Lipinski definition) is 2. The third kappa shape index (κ3) is 4.07. The van der Waals surface area contributed by atoms with Crippen molar-refractivity contribution in [3.8, 4) is 0 Å². The van der Waals surface area contributed by atoms with Gasteiger partial charge in [-0.05, 0) is 37.1 Å². The molecule has 0 bridgehead atoms. The number of carbonyl (C=O) groups is 4. The number of imide groups is 1. The van der Waals surface area contributed by atoms with Crippen LogP contribution >= 0.6 is 0 Å². The van der Waals surface area contributed by atoms with Crippen molar-refractivity contribution in [2.45, 2.75) is 32.4 Å². The van der Waals surface area contributed by atoms with Crippen molar-refractivity contribution < 1.29 is 23.6 Å². The van der Waals surface area contributed by atoms with E-state index in [0.29, 0.717) is 11.1 Å². The third-order valence-corrected chi connectivity index (χ3v) is 5.15. The monoisotopic (exact) mass is 411 g/mol. The number of ketones is 1. The normalized spacial score (nSPS) is 19.4. The first-order valence-electron chi connectivity index (χ1n) is 9.42. The van der Waals surface area contributed by atoms with Gasteiger partial charge in [-0.2, -0.15) is 0 Å². The van der Waals surface area contributed by atoms with Gasteiger partial charge in [-0.1, -0.05) is 36.4 Å². The van der Waals surface area contributed by atoms with Crippen LogP contribution in [0.5, 0.6) is 0 Å². The number of rotatable bonds is 6. The minimum atomic E-state index is -1.37. The van der Waals surface area contributed by atoms with Gasteiger partial charge in [0.1, 0.15) is 11.4 Å². The number of nitrogens with one attached hydrogen (secondary N) is 2. The maximum Gasteiger partial charge on any atom is 0.325 e. The van der Waals surface area contributed by atoms with Crippen LogP contribution in [0.1, 0.15) is 48.3 Å². The lowest BCUT2D eigenvalue weighted by atomic mass is 9.92. The first kappa shape index (κ1) is 21.2. The Balaban J connectivity index is 1.73. The summed E-state index contributed by atoms with van der Waals surface area (Å²) in [6, 6.07) is 11.0. The second kappa shape index (κ2) is 8.06. The molecule has 1 aliphatic rings. The smallest absolute Gasteiger partial charge is 0.325 e. The molecule has 0 spiro atoms. The molecule has 0 radical (unpaired) electrons. The minimum absolute atomic E-state index is 0.162. The fraction of sp³-hybridized carbons (Fsp3) is 0.273. The van der Waals surface area contributed by atoms with Gasteiger partial charge in [0.05, 0.1) is 12.6 Å². The van der Waals surface area contributed by atoms with E-state index in [1.54, 1.807) is 24.3 Å². The molecule has 4 amide bonds. The van der Waals surface area contributed by atoms with Crippen molar-refractivity contribution in [3.05, 3.63) is 71.0 Å². The molecule has 3 rings (SSSR count). The fourth-order valence-electron chi connectivity index (χ4n) is 3.40. The van der Waals surface area contributed by atoms with Crippen molar-refractivity contribution in [2.75, 3.05) is 6.54 Å². The molecule has 2 unspecified atom stereocenters. The van der Waals surface area contributed by atoms with E-state index in [1.807, 2.05) is 6.92 Å². The van der Waals surface area contributed by atoms with E-state index in [2.05, 4.69) is 10.6 Å². The molecule has 156 valence electrons. The van der Waals surface area contributed by atoms with Crippen LogP contribution < -0.4 is 10.6 Å². The van der Waals surface area contributed by atoms with E-state index in [4.69, 9.17) is 0 Å². The van der Waals surface area contributed by atoms with Gasteiger partial charge >= 0.3 is 6.03 Å². The van der Waals surface area contributed by atoms with Crippen LogP contribution in [0.15, 0.2) is 48.5 Å². The lowest BCUT2D eigenvalue weighted by Crippen LogP contribution is -2.41. The van der Waals surface area contributed by atoms with Crippen molar-refractivity contribution in [2.24, 2.45) is 0 Å². The standard InChI is InChI=1S/C22H22FN3O4/c1-13(24-14(2)27)15-4-6-16(7-5-15)19(28)12-26-20(29)22(3,25-21(26)30)17-8-10-18(23)11-9-17/h4-11,13H,12H2,1-3H3,(H,24,27)(H,25,30). The highest BCUT2D eigenvalue weighted by atomic mass is 19.1. The minimum Gasteiger partial charge on any atom is -0.350 e. The first-order valence-corrected chi connectivity index (χ1v) is 9.42. The van der Waals surface area contributed by atoms with Gasteiger partial charge in [0.15, 0.2) is 5.78 Å². The zero-order chi connectivity index (χ0) is 22.1. The third-order valence-electron chi connectivity index (χ3n) is 5.15. The Morgan fingerprint density at radius 1 is 1.10 bits per heavy atom. The average molecular weight is 411 g/mol. The largest absolute Gasteiger partial charge is 0.350 e. The highest BCUT2D eigenvalue weighted by Crippen LogP contribution is 2.29. The Kier molecular flexibility index (Phi) is 5.69. The molecule has 7 nitrogen and oxygen atoms in total. The molecule has 2 aromatic carbocycles. The SMILES string of the molecule is CC(=O)NC(C)c1ccc(C(=O)CN2C(=O)NC(C)(c3ccc(F)cc3)C2=O)cc1. The van der Waals surface area contributed by atoms with E-state index < -0.39 is 35.6 Å². The lowest BCUT2D eigenvalue weighted by Gasteiger charge is -2.22. The Bertz CT molecular complexity index is 1000. The molecule has 0 aromatic heterocycles. The van der Waals surface area contributed by atoms with Crippen LogP contribution in [-0.4, -0.2) is 35.1 Å². The van der Waals surface area contributed by atoms with Crippen molar-refractivity contribution in [1.82, 2.24) is 15.5 Å². The number of amides is 4. The molecule has 2 N–H and O–H groups in total. The van der Waals surface area contributed by atoms with Crippen molar-refractivity contribution in [3.63, 3.8) is 0 Å². The number of benzene rings is 2. The second-order valence-corrected chi connectivity index (χ2v) is 7.42. The van der Waals surface area contributed by atoms with Gasteiger partial charge in [-0.15, -0.1) is 0 Å². The summed E-state index contributed by atoms with van der Waals surface area (Å²) >= 11 is 0. The molecule has 1 fully saturated rings. The molecule has 0 saturated carbocycles. The quantitative estimate of drug-likeness (QED) is 0.564. The second-order valence-electron chi connectivity index (χ2n) is 7.42. The summed E-state index contributed by atoms with van der Waals surface area (Å²) in [4.78, 5) is 50.0. The van der Waals surface area contributed by atoms with E-state index in [1.165, 1.54) is 38.1 Å². The molecular formula is C22H22FN3O4. The lowest BCUT2D eigenvalue weighted by molar-refractivity contribution is -0.130. The predicted molar refractivity (Wildman–Crippen MR) is 107 cm³/mol. The molecular weight excluding hydrogens is 389 g/mol. The predicted octanol–water partition coefficient (Wildman–Crippen LogP) is 2.67. The van der Waals surface area contributed by atoms with Crippen molar-refractivity contribution in [1.29, 1.82) is 0 Å². The Morgan fingerprint density at radius 2 is 1.70 bits per heavy atom. The molecule has 1 saturated heterocycles.